The maximum absolute atomic E-state index is 4.28. The van der Waals surface area contributed by atoms with Crippen LogP contribution in [0.25, 0.3) is 0 Å². The summed E-state index contributed by atoms with van der Waals surface area (Å²) < 4.78 is 0. The molecule has 0 radical (unpaired) electrons. The van der Waals surface area contributed by atoms with E-state index < -0.39 is 0 Å². The number of nitrogens with one attached hydrogen (secondary N) is 2. The van der Waals surface area contributed by atoms with Crippen molar-refractivity contribution in [3.05, 3.63) is 17.8 Å². The SMILES string of the molecule is CC(C)(C)c1ccc(NC2CCCNC2)nn1. The summed E-state index contributed by atoms with van der Waals surface area (Å²) in [6.45, 7) is 8.59. The van der Waals surface area contributed by atoms with E-state index in [0.717, 1.165) is 24.6 Å². The Kier molecular flexibility index (Phi) is 3.62. The summed E-state index contributed by atoms with van der Waals surface area (Å²) in [6.07, 6.45) is 2.43. The van der Waals surface area contributed by atoms with Crippen LogP contribution in [0.4, 0.5) is 5.82 Å². The molecule has 1 aliphatic rings. The highest BCUT2D eigenvalue weighted by molar-refractivity contribution is 5.35. The zero-order valence-electron chi connectivity index (χ0n) is 11.0. The number of anilines is 1. The molecule has 1 aromatic rings. The van der Waals surface area contributed by atoms with Crippen molar-refractivity contribution in [3.63, 3.8) is 0 Å². The minimum absolute atomic E-state index is 0.0674. The van der Waals surface area contributed by atoms with Gasteiger partial charge in [-0.15, -0.1) is 5.10 Å². The van der Waals surface area contributed by atoms with Gasteiger partial charge in [-0.2, -0.15) is 5.10 Å². The van der Waals surface area contributed by atoms with E-state index in [1.807, 2.05) is 6.07 Å². The van der Waals surface area contributed by atoms with Crippen molar-refractivity contribution in [2.45, 2.75) is 45.1 Å². The summed E-state index contributed by atoms with van der Waals surface area (Å²) in [4.78, 5) is 0. The van der Waals surface area contributed by atoms with Crippen LogP contribution < -0.4 is 10.6 Å². The van der Waals surface area contributed by atoms with E-state index >= 15 is 0 Å². The lowest BCUT2D eigenvalue weighted by Gasteiger charge is -2.24. The Balaban J connectivity index is 1.98. The van der Waals surface area contributed by atoms with Crippen LogP contribution in [0.15, 0.2) is 12.1 Å². The summed E-state index contributed by atoms with van der Waals surface area (Å²) in [5, 5.41) is 15.3. The van der Waals surface area contributed by atoms with Crippen molar-refractivity contribution in [1.29, 1.82) is 0 Å². The maximum atomic E-state index is 4.28. The molecule has 17 heavy (non-hydrogen) atoms. The highest BCUT2D eigenvalue weighted by Crippen LogP contribution is 2.20. The van der Waals surface area contributed by atoms with Gasteiger partial charge in [0.15, 0.2) is 0 Å². The average molecular weight is 234 g/mol. The molecule has 0 aliphatic carbocycles. The molecule has 0 bridgehead atoms. The molecule has 4 nitrogen and oxygen atoms in total. The molecule has 0 amide bonds. The standard InChI is InChI=1S/C13H22N4/c1-13(2,3)11-6-7-12(17-16-11)15-10-5-4-8-14-9-10/h6-7,10,14H,4-5,8-9H2,1-3H3,(H,15,17). The molecule has 2 N–H and O–H groups in total. The number of hydrogen-bond donors (Lipinski definition) is 2. The van der Waals surface area contributed by atoms with Crippen molar-refractivity contribution in [1.82, 2.24) is 15.5 Å². The molecule has 2 heterocycles. The molecule has 1 unspecified atom stereocenters. The first-order valence-electron chi connectivity index (χ1n) is 6.37. The van der Waals surface area contributed by atoms with Crippen molar-refractivity contribution in [3.8, 4) is 0 Å². The van der Waals surface area contributed by atoms with Gasteiger partial charge in [0.05, 0.1) is 5.69 Å². The van der Waals surface area contributed by atoms with Gasteiger partial charge in [-0.3, -0.25) is 0 Å². The van der Waals surface area contributed by atoms with Gasteiger partial charge >= 0.3 is 0 Å². The zero-order chi connectivity index (χ0) is 12.3. The Labute approximate surface area is 103 Å². The third-order valence-corrected chi connectivity index (χ3v) is 3.08. The molecular weight excluding hydrogens is 212 g/mol. The zero-order valence-corrected chi connectivity index (χ0v) is 11.0. The Morgan fingerprint density at radius 3 is 2.65 bits per heavy atom. The summed E-state index contributed by atoms with van der Waals surface area (Å²) >= 11 is 0. The quantitative estimate of drug-likeness (QED) is 0.821. The molecule has 2 rings (SSSR count). The lowest BCUT2D eigenvalue weighted by Crippen LogP contribution is -2.38. The fraction of sp³-hybridized carbons (Fsp3) is 0.692. The first kappa shape index (κ1) is 12.3. The molecular formula is C13H22N4. The third-order valence-electron chi connectivity index (χ3n) is 3.08. The number of rotatable bonds is 2. The smallest absolute Gasteiger partial charge is 0.148 e. The fourth-order valence-electron chi connectivity index (χ4n) is 1.99. The third kappa shape index (κ3) is 3.40. The minimum Gasteiger partial charge on any atom is -0.365 e. The first-order valence-corrected chi connectivity index (χ1v) is 6.37. The summed E-state index contributed by atoms with van der Waals surface area (Å²) in [5.41, 5.74) is 1.10. The monoisotopic (exact) mass is 234 g/mol. The van der Waals surface area contributed by atoms with Crippen LogP contribution in [-0.2, 0) is 5.41 Å². The van der Waals surface area contributed by atoms with E-state index in [4.69, 9.17) is 0 Å². The normalized spacial score (nSPS) is 21.2. The van der Waals surface area contributed by atoms with Gasteiger partial charge in [-0.1, -0.05) is 20.8 Å². The number of hydrogen-bond acceptors (Lipinski definition) is 4. The highest BCUT2D eigenvalue weighted by atomic mass is 15.2. The Hall–Kier alpha value is -1.16. The molecule has 1 saturated heterocycles. The molecule has 0 aromatic carbocycles. The van der Waals surface area contributed by atoms with Gasteiger partial charge in [-0.05, 0) is 31.5 Å². The van der Waals surface area contributed by atoms with E-state index in [0.29, 0.717) is 6.04 Å². The van der Waals surface area contributed by atoms with Crippen LogP contribution in [0.1, 0.15) is 39.3 Å². The van der Waals surface area contributed by atoms with Crippen LogP contribution in [-0.4, -0.2) is 29.3 Å². The molecule has 1 atom stereocenters. The molecule has 94 valence electrons. The predicted octanol–water partition coefficient (Wildman–Crippen LogP) is 1.94. The van der Waals surface area contributed by atoms with E-state index in [1.165, 1.54) is 12.8 Å². The largest absolute Gasteiger partial charge is 0.365 e. The summed E-state index contributed by atoms with van der Waals surface area (Å²) in [7, 11) is 0. The van der Waals surface area contributed by atoms with Gasteiger partial charge < -0.3 is 10.6 Å². The molecule has 1 aliphatic heterocycles. The first-order chi connectivity index (χ1) is 8.05. The Morgan fingerprint density at radius 1 is 1.29 bits per heavy atom. The Morgan fingerprint density at radius 2 is 2.12 bits per heavy atom. The van der Waals surface area contributed by atoms with E-state index in [-0.39, 0.29) is 5.41 Å². The van der Waals surface area contributed by atoms with Gasteiger partial charge in [0.1, 0.15) is 5.82 Å². The lowest BCUT2D eigenvalue weighted by molar-refractivity contribution is 0.478. The van der Waals surface area contributed by atoms with Crippen molar-refractivity contribution in [2.24, 2.45) is 0 Å². The maximum Gasteiger partial charge on any atom is 0.148 e. The second-order valence-corrected chi connectivity index (χ2v) is 5.74. The van der Waals surface area contributed by atoms with Crippen molar-refractivity contribution in [2.75, 3.05) is 18.4 Å². The molecule has 0 saturated carbocycles. The topological polar surface area (TPSA) is 49.8 Å². The van der Waals surface area contributed by atoms with Gasteiger partial charge in [-0.25, -0.2) is 0 Å². The van der Waals surface area contributed by atoms with Gasteiger partial charge in [0.2, 0.25) is 0 Å². The minimum atomic E-state index is 0.0674. The summed E-state index contributed by atoms with van der Waals surface area (Å²) in [5.74, 6) is 0.881. The second kappa shape index (κ2) is 5.00. The lowest BCUT2D eigenvalue weighted by atomic mass is 9.92. The number of nitrogens with zero attached hydrogens (tertiary/aromatic N) is 2. The number of aromatic nitrogens is 2. The molecule has 4 heteroatoms. The second-order valence-electron chi connectivity index (χ2n) is 5.74. The molecule has 1 aromatic heterocycles. The average Bonchev–Trinajstić information content (AvgIpc) is 2.30. The predicted molar refractivity (Wildman–Crippen MR) is 70.2 cm³/mol. The Bertz CT molecular complexity index is 347. The molecule has 1 fully saturated rings. The van der Waals surface area contributed by atoms with Crippen molar-refractivity contribution >= 4 is 5.82 Å². The van der Waals surface area contributed by atoms with E-state index in [1.54, 1.807) is 0 Å². The van der Waals surface area contributed by atoms with Gasteiger partial charge in [0.25, 0.3) is 0 Å². The van der Waals surface area contributed by atoms with Crippen LogP contribution in [0.3, 0.4) is 0 Å². The van der Waals surface area contributed by atoms with E-state index in [2.05, 4.69) is 47.7 Å². The van der Waals surface area contributed by atoms with E-state index in [9.17, 15) is 0 Å². The van der Waals surface area contributed by atoms with Crippen LogP contribution in [0.2, 0.25) is 0 Å². The van der Waals surface area contributed by atoms with Crippen LogP contribution in [0.5, 0.6) is 0 Å². The number of piperidine rings is 1. The van der Waals surface area contributed by atoms with Gasteiger partial charge in [0, 0.05) is 18.0 Å². The fourth-order valence-corrected chi connectivity index (χ4v) is 1.99. The van der Waals surface area contributed by atoms with Crippen LogP contribution >= 0.6 is 0 Å². The molecule has 0 spiro atoms. The van der Waals surface area contributed by atoms with Crippen molar-refractivity contribution < 1.29 is 0 Å². The van der Waals surface area contributed by atoms with Crippen LogP contribution in [0, 0.1) is 0 Å². The summed E-state index contributed by atoms with van der Waals surface area (Å²) in [6, 6.07) is 4.58. The highest BCUT2D eigenvalue weighted by Gasteiger charge is 2.17.